The number of thiazole rings is 1. The average molecular weight is 412 g/mol. The zero-order valence-electron chi connectivity index (χ0n) is 16.7. The highest BCUT2D eigenvalue weighted by molar-refractivity contribution is 7.13. The molecular formula is C22H25N3O3S. The number of hydrogen-bond acceptors (Lipinski definition) is 7. The molecule has 0 unspecified atom stereocenters. The summed E-state index contributed by atoms with van der Waals surface area (Å²) < 4.78 is 10.6. The number of ether oxygens (including phenoxy) is 2. The van der Waals surface area contributed by atoms with Gasteiger partial charge in [-0.15, -0.1) is 11.3 Å². The molecule has 1 aliphatic heterocycles. The van der Waals surface area contributed by atoms with Gasteiger partial charge in [0.05, 0.1) is 19.9 Å². The summed E-state index contributed by atoms with van der Waals surface area (Å²) >= 11 is 1.57. The number of methoxy groups -OCH3 is 2. The second-order valence-corrected chi connectivity index (χ2v) is 7.90. The first-order valence-electron chi connectivity index (χ1n) is 9.82. The maximum Gasteiger partial charge on any atom is 0.201 e. The van der Waals surface area contributed by atoms with E-state index in [1.54, 1.807) is 17.4 Å². The maximum absolute atomic E-state index is 10.4. The Balaban J connectivity index is 1.65. The van der Waals surface area contributed by atoms with Crippen LogP contribution in [0.5, 0.6) is 17.2 Å². The molecule has 0 atom stereocenters. The summed E-state index contributed by atoms with van der Waals surface area (Å²) in [6.07, 6.45) is 6.88. The van der Waals surface area contributed by atoms with Gasteiger partial charge in [-0.2, -0.15) is 0 Å². The Kier molecular flexibility index (Phi) is 5.85. The Morgan fingerprint density at radius 2 is 1.83 bits per heavy atom. The van der Waals surface area contributed by atoms with Crippen molar-refractivity contribution >= 4 is 17.2 Å². The molecule has 6 nitrogen and oxygen atoms in total. The molecule has 0 aliphatic carbocycles. The van der Waals surface area contributed by atoms with Crippen molar-refractivity contribution in [2.45, 2.75) is 25.7 Å². The Hall–Kier alpha value is -2.80. The SMILES string of the molecule is COc1ccc(-c2csc(-c3ccnc(N4CCCCCC4)c3)n2)c(OC)c1O. The van der Waals surface area contributed by atoms with Crippen molar-refractivity contribution in [3.63, 3.8) is 0 Å². The first-order chi connectivity index (χ1) is 14.2. The van der Waals surface area contributed by atoms with Crippen molar-refractivity contribution < 1.29 is 14.6 Å². The van der Waals surface area contributed by atoms with Gasteiger partial charge in [-0.3, -0.25) is 0 Å². The van der Waals surface area contributed by atoms with E-state index < -0.39 is 0 Å². The van der Waals surface area contributed by atoms with Gasteiger partial charge in [0.2, 0.25) is 5.75 Å². The Morgan fingerprint density at radius 3 is 2.55 bits per heavy atom. The number of phenols is 1. The monoisotopic (exact) mass is 411 g/mol. The van der Waals surface area contributed by atoms with E-state index in [-0.39, 0.29) is 5.75 Å². The van der Waals surface area contributed by atoms with Crippen LogP contribution in [0.2, 0.25) is 0 Å². The van der Waals surface area contributed by atoms with E-state index in [0.717, 1.165) is 40.7 Å². The van der Waals surface area contributed by atoms with E-state index >= 15 is 0 Å². The zero-order valence-corrected chi connectivity index (χ0v) is 17.5. The predicted octanol–water partition coefficient (Wildman–Crippen LogP) is 4.98. The van der Waals surface area contributed by atoms with Gasteiger partial charge < -0.3 is 19.5 Å². The normalized spacial score (nSPS) is 14.5. The third-order valence-electron chi connectivity index (χ3n) is 5.22. The summed E-state index contributed by atoms with van der Waals surface area (Å²) in [4.78, 5) is 11.8. The van der Waals surface area contributed by atoms with Crippen LogP contribution < -0.4 is 14.4 Å². The van der Waals surface area contributed by atoms with Crippen LogP contribution in [0.3, 0.4) is 0 Å². The summed E-state index contributed by atoms with van der Waals surface area (Å²) in [5.41, 5.74) is 2.54. The topological polar surface area (TPSA) is 67.7 Å². The summed E-state index contributed by atoms with van der Waals surface area (Å²) in [6.45, 7) is 2.11. The molecule has 1 saturated heterocycles. The number of benzene rings is 1. The molecular weight excluding hydrogens is 386 g/mol. The highest BCUT2D eigenvalue weighted by atomic mass is 32.1. The van der Waals surface area contributed by atoms with Gasteiger partial charge in [0.1, 0.15) is 10.8 Å². The lowest BCUT2D eigenvalue weighted by Gasteiger charge is -2.21. The third-order valence-corrected chi connectivity index (χ3v) is 6.11. The number of phenolic OH excluding ortho intramolecular Hbond substituents is 1. The summed E-state index contributed by atoms with van der Waals surface area (Å²) in [5.74, 6) is 1.73. The lowest BCUT2D eigenvalue weighted by atomic mass is 10.1. The molecule has 0 saturated carbocycles. The van der Waals surface area contributed by atoms with E-state index in [1.165, 1.54) is 39.9 Å². The van der Waals surface area contributed by atoms with Gasteiger partial charge in [0.15, 0.2) is 11.5 Å². The van der Waals surface area contributed by atoms with Crippen LogP contribution in [-0.4, -0.2) is 42.4 Å². The van der Waals surface area contributed by atoms with Gasteiger partial charge in [0.25, 0.3) is 0 Å². The number of rotatable bonds is 5. The molecule has 3 aromatic rings. The van der Waals surface area contributed by atoms with Gasteiger partial charge in [0, 0.05) is 35.8 Å². The number of anilines is 1. The first-order valence-corrected chi connectivity index (χ1v) is 10.7. The predicted molar refractivity (Wildman–Crippen MR) is 116 cm³/mol. The molecule has 29 heavy (non-hydrogen) atoms. The Bertz CT molecular complexity index is 981. The van der Waals surface area contributed by atoms with E-state index in [1.807, 2.05) is 23.7 Å². The highest BCUT2D eigenvalue weighted by Crippen LogP contribution is 2.44. The van der Waals surface area contributed by atoms with E-state index in [9.17, 15) is 5.11 Å². The van der Waals surface area contributed by atoms with Crippen LogP contribution >= 0.6 is 11.3 Å². The van der Waals surface area contributed by atoms with Crippen molar-refractivity contribution in [2.75, 3.05) is 32.2 Å². The molecule has 1 aromatic carbocycles. The van der Waals surface area contributed by atoms with Crippen LogP contribution in [0.1, 0.15) is 25.7 Å². The van der Waals surface area contributed by atoms with Crippen LogP contribution in [0.4, 0.5) is 5.82 Å². The molecule has 1 fully saturated rings. The fraction of sp³-hybridized carbons (Fsp3) is 0.364. The standard InChI is InChI=1S/C22H25N3O3S/c1-27-18-8-7-16(21(28-2)20(18)26)17-14-29-22(24-17)15-9-10-23-19(13-15)25-11-5-3-4-6-12-25/h7-10,13-14,26H,3-6,11-12H2,1-2H3. The molecule has 0 bridgehead atoms. The lowest BCUT2D eigenvalue weighted by Crippen LogP contribution is -2.24. The van der Waals surface area contributed by atoms with Crippen molar-refractivity contribution in [1.82, 2.24) is 9.97 Å². The minimum atomic E-state index is -0.0191. The number of hydrogen-bond donors (Lipinski definition) is 1. The average Bonchev–Trinajstić information content (AvgIpc) is 3.08. The van der Waals surface area contributed by atoms with Crippen LogP contribution in [0.25, 0.3) is 21.8 Å². The van der Waals surface area contributed by atoms with Gasteiger partial charge in [-0.25, -0.2) is 9.97 Å². The largest absolute Gasteiger partial charge is 0.502 e. The third kappa shape index (κ3) is 4.00. The Labute approximate surface area is 174 Å². The highest BCUT2D eigenvalue weighted by Gasteiger charge is 2.18. The first kappa shape index (κ1) is 19.5. The zero-order chi connectivity index (χ0) is 20.2. The molecule has 2 aromatic heterocycles. The van der Waals surface area contributed by atoms with E-state index in [4.69, 9.17) is 14.5 Å². The second-order valence-electron chi connectivity index (χ2n) is 7.04. The smallest absolute Gasteiger partial charge is 0.201 e. The fourth-order valence-electron chi connectivity index (χ4n) is 3.68. The maximum atomic E-state index is 10.4. The van der Waals surface area contributed by atoms with Crippen LogP contribution in [0.15, 0.2) is 35.8 Å². The molecule has 1 aliphatic rings. The number of nitrogens with zero attached hydrogens (tertiary/aromatic N) is 3. The van der Waals surface area contributed by atoms with Crippen molar-refractivity contribution in [1.29, 1.82) is 0 Å². The van der Waals surface area contributed by atoms with Gasteiger partial charge in [-0.05, 0) is 37.1 Å². The quantitative estimate of drug-likeness (QED) is 0.639. The fourth-order valence-corrected chi connectivity index (χ4v) is 4.50. The second kappa shape index (κ2) is 8.69. The molecule has 0 spiro atoms. The Morgan fingerprint density at radius 1 is 1.03 bits per heavy atom. The van der Waals surface area contributed by atoms with Gasteiger partial charge >= 0.3 is 0 Å². The van der Waals surface area contributed by atoms with E-state index in [0.29, 0.717) is 11.5 Å². The molecule has 0 amide bonds. The molecule has 0 radical (unpaired) electrons. The number of pyridine rings is 1. The minimum Gasteiger partial charge on any atom is -0.502 e. The van der Waals surface area contributed by atoms with Crippen LogP contribution in [-0.2, 0) is 0 Å². The molecule has 3 heterocycles. The lowest BCUT2D eigenvalue weighted by molar-refractivity contribution is 0.341. The summed E-state index contributed by atoms with van der Waals surface area (Å²) in [5, 5.41) is 13.3. The van der Waals surface area contributed by atoms with Crippen LogP contribution in [0, 0.1) is 0 Å². The van der Waals surface area contributed by atoms with Gasteiger partial charge in [-0.1, -0.05) is 12.8 Å². The summed E-state index contributed by atoms with van der Waals surface area (Å²) in [6, 6.07) is 7.69. The number of aromatic nitrogens is 2. The molecule has 7 heteroatoms. The molecule has 1 N–H and O–H groups in total. The molecule has 4 rings (SSSR count). The number of aromatic hydroxyl groups is 1. The van der Waals surface area contributed by atoms with Crippen molar-refractivity contribution in [2.24, 2.45) is 0 Å². The van der Waals surface area contributed by atoms with E-state index in [2.05, 4.69) is 16.0 Å². The van der Waals surface area contributed by atoms with Crippen molar-refractivity contribution in [3.05, 3.63) is 35.8 Å². The summed E-state index contributed by atoms with van der Waals surface area (Å²) in [7, 11) is 3.04. The van der Waals surface area contributed by atoms with Crippen molar-refractivity contribution in [3.8, 4) is 39.1 Å². The molecule has 152 valence electrons. The minimum absolute atomic E-state index is 0.0191.